The van der Waals surface area contributed by atoms with Gasteiger partial charge in [0.1, 0.15) is 11.4 Å². The van der Waals surface area contributed by atoms with Crippen molar-refractivity contribution < 1.29 is 27.8 Å². The van der Waals surface area contributed by atoms with Gasteiger partial charge in [0.05, 0.1) is 17.4 Å². The van der Waals surface area contributed by atoms with E-state index in [9.17, 15) is 23.1 Å². The monoisotopic (exact) mass is 449 g/mol. The minimum Gasteiger partial charge on any atom is -0.509 e. The molecular weight excluding hydrogens is 435 g/mol. The molecule has 29 heavy (non-hydrogen) atoms. The third-order valence-electron chi connectivity index (χ3n) is 3.28. The van der Waals surface area contributed by atoms with E-state index in [1.165, 1.54) is 0 Å². The molecule has 0 fully saturated rings. The minimum absolute atomic E-state index is 0.0165. The number of benzene rings is 1. The van der Waals surface area contributed by atoms with Crippen LogP contribution in [-0.4, -0.2) is 38.2 Å². The lowest BCUT2D eigenvalue weighted by Crippen LogP contribution is -2.13. The summed E-state index contributed by atoms with van der Waals surface area (Å²) in [7, 11) is 1.13. The highest BCUT2D eigenvalue weighted by Gasteiger charge is 2.37. The fourth-order valence-electron chi connectivity index (χ4n) is 1.94. The van der Waals surface area contributed by atoms with Gasteiger partial charge in [0.15, 0.2) is 5.16 Å². The number of halogens is 4. The number of hydrogen-bond donors (Lipinski definition) is 1. The SMILES string of the molecule is CCOC(=O)/C(N=Nc1ccccc1Cl)=C(\O)CSc1nnc(C(F)(F)F)n1C. The molecule has 1 aromatic carbocycles. The standard InChI is InChI=1S/C16H15ClF3N5O3S/c1-3-28-13(27)12(22-21-10-7-5-4-6-9(10)17)11(26)8-29-15-24-23-14(25(15)2)16(18,19)20/h4-7,26H,3,8H2,1-2H3/b12-11+,22-21?. The molecule has 0 aliphatic heterocycles. The quantitative estimate of drug-likeness (QED) is 0.216. The number of aliphatic hydroxyl groups excluding tert-OH is 1. The number of alkyl halides is 3. The van der Waals surface area contributed by atoms with Crippen molar-refractivity contribution >= 4 is 35.0 Å². The zero-order valence-corrected chi connectivity index (χ0v) is 16.7. The number of esters is 1. The molecule has 0 aliphatic rings. The Bertz CT molecular complexity index is 946. The second-order valence-electron chi connectivity index (χ2n) is 5.32. The van der Waals surface area contributed by atoms with Crippen LogP contribution >= 0.6 is 23.4 Å². The molecule has 8 nitrogen and oxygen atoms in total. The van der Waals surface area contributed by atoms with Gasteiger partial charge in [0.25, 0.3) is 0 Å². The van der Waals surface area contributed by atoms with Crippen LogP contribution in [0.4, 0.5) is 18.9 Å². The average Bonchev–Trinajstić information content (AvgIpc) is 3.02. The van der Waals surface area contributed by atoms with Crippen LogP contribution in [0, 0.1) is 0 Å². The van der Waals surface area contributed by atoms with Crippen LogP contribution in [0.3, 0.4) is 0 Å². The van der Waals surface area contributed by atoms with Gasteiger partial charge in [-0.15, -0.1) is 20.4 Å². The highest BCUT2D eigenvalue weighted by molar-refractivity contribution is 7.99. The molecule has 0 saturated carbocycles. The van der Waals surface area contributed by atoms with Crippen LogP contribution < -0.4 is 0 Å². The molecule has 2 aromatic rings. The second-order valence-corrected chi connectivity index (χ2v) is 6.67. The first-order chi connectivity index (χ1) is 13.6. The van der Waals surface area contributed by atoms with Crippen molar-refractivity contribution in [1.29, 1.82) is 0 Å². The van der Waals surface area contributed by atoms with Gasteiger partial charge in [0.2, 0.25) is 11.5 Å². The fraction of sp³-hybridized carbons (Fsp3) is 0.312. The maximum Gasteiger partial charge on any atom is 0.451 e. The van der Waals surface area contributed by atoms with Gasteiger partial charge in [-0.25, -0.2) is 4.79 Å². The molecule has 1 heterocycles. The number of carbonyl (C=O) groups excluding carboxylic acids is 1. The number of aromatic nitrogens is 3. The summed E-state index contributed by atoms with van der Waals surface area (Å²) in [5, 5.41) is 24.5. The number of thioether (sulfide) groups is 1. The first kappa shape index (κ1) is 22.7. The summed E-state index contributed by atoms with van der Waals surface area (Å²) in [6.45, 7) is 1.58. The van der Waals surface area contributed by atoms with Crippen molar-refractivity contribution in [2.45, 2.75) is 18.3 Å². The van der Waals surface area contributed by atoms with E-state index in [-0.39, 0.29) is 28.2 Å². The van der Waals surface area contributed by atoms with Crippen LogP contribution in [0.2, 0.25) is 5.02 Å². The first-order valence-corrected chi connectivity index (χ1v) is 9.36. The van der Waals surface area contributed by atoms with Gasteiger partial charge < -0.3 is 14.4 Å². The van der Waals surface area contributed by atoms with E-state index < -0.39 is 29.4 Å². The molecule has 0 spiro atoms. The summed E-state index contributed by atoms with van der Waals surface area (Å²) < 4.78 is 43.9. The predicted molar refractivity (Wildman–Crippen MR) is 99.0 cm³/mol. The molecular formula is C16H15ClF3N5O3S. The molecule has 156 valence electrons. The van der Waals surface area contributed by atoms with E-state index in [0.717, 1.165) is 23.4 Å². The number of hydrogen-bond acceptors (Lipinski definition) is 8. The van der Waals surface area contributed by atoms with Crippen LogP contribution in [0.5, 0.6) is 0 Å². The molecule has 0 atom stereocenters. The molecule has 0 aliphatic carbocycles. The van der Waals surface area contributed by atoms with Crippen molar-refractivity contribution in [3.8, 4) is 0 Å². The van der Waals surface area contributed by atoms with Crippen LogP contribution in [0.1, 0.15) is 12.7 Å². The van der Waals surface area contributed by atoms with E-state index in [1.807, 2.05) is 0 Å². The molecule has 0 amide bonds. The zero-order valence-electron chi connectivity index (χ0n) is 15.1. The van der Waals surface area contributed by atoms with E-state index in [0.29, 0.717) is 0 Å². The Kier molecular flexibility index (Phi) is 7.62. The minimum atomic E-state index is -4.67. The third kappa shape index (κ3) is 5.94. The summed E-state index contributed by atoms with van der Waals surface area (Å²) >= 11 is 6.69. The smallest absolute Gasteiger partial charge is 0.451 e. The van der Waals surface area contributed by atoms with E-state index >= 15 is 0 Å². The van der Waals surface area contributed by atoms with Crippen LogP contribution in [0.25, 0.3) is 0 Å². The maximum atomic E-state index is 12.8. The summed E-state index contributed by atoms with van der Waals surface area (Å²) in [6, 6.07) is 6.42. The average molecular weight is 450 g/mol. The van der Waals surface area contributed by atoms with Gasteiger partial charge in [-0.2, -0.15) is 13.2 Å². The van der Waals surface area contributed by atoms with E-state index in [4.69, 9.17) is 16.3 Å². The Morgan fingerprint density at radius 2 is 2.03 bits per heavy atom. The first-order valence-electron chi connectivity index (χ1n) is 8.00. The fourth-order valence-corrected chi connectivity index (χ4v) is 2.90. The number of aliphatic hydroxyl groups is 1. The summed E-state index contributed by atoms with van der Waals surface area (Å²) in [5.74, 6) is -3.01. The van der Waals surface area contributed by atoms with Crippen LogP contribution in [-0.2, 0) is 22.8 Å². The Balaban J connectivity index is 2.26. The Labute approximate surface area is 172 Å². The molecule has 2 rings (SSSR count). The van der Waals surface area contributed by atoms with Gasteiger partial charge in [-0.05, 0) is 19.1 Å². The number of ether oxygens (including phenoxy) is 1. The summed E-state index contributed by atoms with van der Waals surface area (Å²) in [6.07, 6.45) is -4.67. The highest BCUT2D eigenvalue weighted by atomic mass is 35.5. The molecule has 1 aromatic heterocycles. The predicted octanol–water partition coefficient (Wildman–Crippen LogP) is 4.70. The Morgan fingerprint density at radius 1 is 1.34 bits per heavy atom. The van der Waals surface area contributed by atoms with Gasteiger partial charge in [0, 0.05) is 7.05 Å². The summed E-state index contributed by atoms with van der Waals surface area (Å²) in [4.78, 5) is 12.1. The zero-order chi connectivity index (χ0) is 21.6. The lowest BCUT2D eigenvalue weighted by molar-refractivity contribution is -0.147. The molecule has 1 N–H and O–H groups in total. The topological polar surface area (TPSA) is 102 Å². The highest BCUT2D eigenvalue weighted by Crippen LogP contribution is 2.30. The Morgan fingerprint density at radius 3 is 2.62 bits per heavy atom. The maximum absolute atomic E-state index is 12.8. The van der Waals surface area contributed by atoms with Gasteiger partial charge in [-0.1, -0.05) is 35.5 Å². The summed E-state index contributed by atoms with van der Waals surface area (Å²) in [5.41, 5.74) is -0.253. The van der Waals surface area contributed by atoms with Gasteiger partial charge in [-0.3, -0.25) is 0 Å². The number of rotatable bonds is 7. The van der Waals surface area contributed by atoms with Crippen molar-refractivity contribution in [1.82, 2.24) is 14.8 Å². The lowest BCUT2D eigenvalue weighted by Gasteiger charge is -2.07. The molecule has 13 heteroatoms. The number of carbonyl (C=O) groups is 1. The molecule has 0 bridgehead atoms. The Hall–Kier alpha value is -2.60. The van der Waals surface area contributed by atoms with E-state index in [1.54, 1.807) is 31.2 Å². The third-order valence-corrected chi connectivity index (χ3v) is 4.63. The lowest BCUT2D eigenvalue weighted by atomic mass is 10.3. The molecule has 0 unspecified atom stereocenters. The molecule has 0 saturated heterocycles. The largest absolute Gasteiger partial charge is 0.509 e. The van der Waals surface area contributed by atoms with Crippen molar-refractivity contribution in [3.05, 3.63) is 46.6 Å². The molecule has 0 radical (unpaired) electrons. The van der Waals surface area contributed by atoms with Crippen LogP contribution in [0.15, 0.2) is 51.1 Å². The van der Waals surface area contributed by atoms with E-state index in [2.05, 4.69) is 20.4 Å². The second kappa shape index (κ2) is 9.74. The van der Waals surface area contributed by atoms with Crippen molar-refractivity contribution in [3.63, 3.8) is 0 Å². The number of nitrogens with zero attached hydrogens (tertiary/aromatic N) is 5. The normalized spacial score (nSPS) is 12.9. The van der Waals surface area contributed by atoms with Crippen molar-refractivity contribution in [2.75, 3.05) is 12.4 Å². The van der Waals surface area contributed by atoms with Gasteiger partial charge >= 0.3 is 12.1 Å². The van der Waals surface area contributed by atoms with Crippen molar-refractivity contribution in [2.24, 2.45) is 17.3 Å². The number of azo groups is 1.